The number of fused-ring (bicyclic) bond motifs is 1. The Morgan fingerprint density at radius 3 is 2.26 bits per heavy atom. The van der Waals surface area contributed by atoms with Crippen LogP contribution >= 0.6 is 11.3 Å². The number of hydrogen-bond acceptors (Lipinski definition) is 9. The number of nitriles is 2. The molecule has 0 saturated heterocycles. The van der Waals surface area contributed by atoms with Gasteiger partial charge in [-0.1, -0.05) is 12.1 Å². The van der Waals surface area contributed by atoms with E-state index in [2.05, 4.69) is 6.07 Å². The van der Waals surface area contributed by atoms with Crippen LogP contribution in [0.5, 0.6) is 23.0 Å². The molecule has 2 aromatic carbocycles. The molecule has 0 amide bonds. The highest BCUT2D eigenvalue weighted by Gasteiger charge is 2.32. The number of methoxy groups -OCH3 is 2. The number of aromatic nitrogens is 1. The molecule has 10 heteroatoms. The number of phenolic OH excluding ortho intramolecular Hbond substituents is 2. The first-order valence-electron chi connectivity index (χ1n) is 9.86. The lowest BCUT2D eigenvalue weighted by molar-refractivity contribution is 0.373. The number of allylic oxidation sites excluding steroid dienone is 1. The maximum absolute atomic E-state index is 13.2. The van der Waals surface area contributed by atoms with Crippen LogP contribution in [0.25, 0.3) is 17.5 Å². The maximum atomic E-state index is 13.2. The highest BCUT2D eigenvalue weighted by atomic mass is 32.1. The van der Waals surface area contributed by atoms with Gasteiger partial charge in [0, 0.05) is 0 Å². The number of thiazole rings is 1. The standard InChI is InChI=1S/C24H18N4O5S/c1-32-18-7-12(3-5-16(18)29)8-20-23(31)28-22(27)14(10-25)21(15(11-26)24(28)34-20)13-4-6-17(30)19(9-13)33-2/h3-9,21,29-30H,27H2,1-2H3/b20-8-/t21-/m0/s1. The molecule has 1 aliphatic heterocycles. The Morgan fingerprint density at radius 2 is 1.65 bits per heavy atom. The largest absolute Gasteiger partial charge is 0.504 e. The van der Waals surface area contributed by atoms with E-state index in [1.165, 1.54) is 37.0 Å². The second-order valence-electron chi connectivity index (χ2n) is 7.29. The van der Waals surface area contributed by atoms with Crippen molar-refractivity contribution in [1.82, 2.24) is 4.57 Å². The molecule has 4 N–H and O–H groups in total. The molecule has 4 rings (SSSR count). The van der Waals surface area contributed by atoms with Gasteiger partial charge in [-0.25, -0.2) is 0 Å². The molecule has 1 aromatic heterocycles. The predicted molar refractivity (Wildman–Crippen MR) is 125 cm³/mol. The molecule has 34 heavy (non-hydrogen) atoms. The van der Waals surface area contributed by atoms with E-state index in [-0.39, 0.29) is 44.5 Å². The van der Waals surface area contributed by atoms with Crippen molar-refractivity contribution in [2.45, 2.75) is 5.92 Å². The topological polar surface area (TPSA) is 155 Å². The number of nitrogens with zero attached hydrogens (tertiary/aromatic N) is 3. The van der Waals surface area contributed by atoms with Gasteiger partial charge in [-0.05, 0) is 41.5 Å². The Kier molecular flexibility index (Phi) is 5.76. The van der Waals surface area contributed by atoms with Crippen LogP contribution in [0.2, 0.25) is 0 Å². The van der Waals surface area contributed by atoms with Gasteiger partial charge in [0.25, 0.3) is 5.56 Å². The molecule has 1 aliphatic rings. The van der Waals surface area contributed by atoms with Crippen molar-refractivity contribution in [3.05, 3.63) is 72.6 Å². The van der Waals surface area contributed by atoms with Crippen molar-refractivity contribution in [2.24, 2.45) is 5.73 Å². The van der Waals surface area contributed by atoms with Crippen LogP contribution < -0.4 is 30.0 Å². The highest BCUT2D eigenvalue weighted by Crippen LogP contribution is 2.39. The summed E-state index contributed by atoms with van der Waals surface area (Å²) in [4.78, 5) is 13.2. The molecule has 170 valence electrons. The molecule has 0 fully saturated rings. The average Bonchev–Trinajstić information content (AvgIpc) is 3.16. The number of hydrogen-bond donors (Lipinski definition) is 3. The fourth-order valence-electron chi connectivity index (χ4n) is 3.79. The number of aromatic hydroxyl groups is 2. The lowest BCUT2D eigenvalue weighted by atomic mass is 9.84. The van der Waals surface area contributed by atoms with Crippen molar-refractivity contribution in [3.63, 3.8) is 0 Å². The molecule has 1 atom stereocenters. The fraction of sp³-hybridized carbons (Fsp3) is 0.125. The van der Waals surface area contributed by atoms with Crippen molar-refractivity contribution >= 4 is 28.8 Å². The van der Waals surface area contributed by atoms with E-state index in [9.17, 15) is 25.5 Å². The molecule has 0 radical (unpaired) electrons. The van der Waals surface area contributed by atoms with Gasteiger partial charge in [0.05, 0.1) is 48.0 Å². The number of phenols is 2. The normalized spacial score (nSPS) is 15.5. The molecule has 0 unspecified atom stereocenters. The summed E-state index contributed by atoms with van der Waals surface area (Å²) in [6.45, 7) is 0. The Morgan fingerprint density at radius 1 is 1.03 bits per heavy atom. The third-order valence-corrected chi connectivity index (χ3v) is 6.54. The Hall–Kier alpha value is -4.67. The van der Waals surface area contributed by atoms with Gasteiger partial charge >= 0.3 is 0 Å². The SMILES string of the molecule is COc1cc(/C=c2\sc3n(c2=O)C(N)=C(C#N)[C@H](c2ccc(O)c(OC)c2)C=3C#N)ccc1O. The molecule has 2 heterocycles. The van der Waals surface area contributed by atoms with E-state index in [0.717, 1.165) is 11.3 Å². The van der Waals surface area contributed by atoms with E-state index in [4.69, 9.17) is 15.2 Å². The van der Waals surface area contributed by atoms with Gasteiger partial charge in [0.15, 0.2) is 23.0 Å². The van der Waals surface area contributed by atoms with E-state index < -0.39 is 11.5 Å². The second kappa shape index (κ2) is 8.70. The fourth-order valence-corrected chi connectivity index (χ4v) is 4.92. The third kappa shape index (κ3) is 3.52. The smallest absolute Gasteiger partial charge is 0.274 e. The molecule has 3 aromatic rings. The summed E-state index contributed by atoms with van der Waals surface area (Å²) in [7, 11) is 2.81. The molecular weight excluding hydrogens is 456 g/mol. The monoisotopic (exact) mass is 474 g/mol. The summed E-state index contributed by atoms with van der Waals surface area (Å²) in [6, 6.07) is 13.3. The van der Waals surface area contributed by atoms with Crippen LogP contribution in [0.1, 0.15) is 17.0 Å². The quantitative estimate of drug-likeness (QED) is 0.511. The molecular formula is C24H18N4O5S. The Bertz CT molecular complexity index is 1620. The maximum Gasteiger partial charge on any atom is 0.274 e. The summed E-state index contributed by atoms with van der Waals surface area (Å²) in [5, 5.41) is 39.7. The van der Waals surface area contributed by atoms with Gasteiger partial charge in [0.1, 0.15) is 10.5 Å². The first-order valence-corrected chi connectivity index (χ1v) is 10.7. The minimum atomic E-state index is -0.843. The van der Waals surface area contributed by atoms with Gasteiger partial charge in [-0.3, -0.25) is 9.36 Å². The summed E-state index contributed by atoms with van der Waals surface area (Å²) in [5.74, 6) is -0.630. The highest BCUT2D eigenvalue weighted by molar-refractivity contribution is 7.07. The second-order valence-corrected chi connectivity index (χ2v) is 8.32. The average molecular weight is 474 g/mol. The molecule has 0 aliphatic carbocycles. The van der Waals surface area contributed by atoms with Crippen LogP contribution in [0.15, 0.2) is 46.8 Å². The summed E-state index contributed by atoms with van der Waals surface area (Å²) >= 11 is 1.06. The van der Waals surface area contributed by atoms with Gasteiger partial charge in [-0.15, -0.1) is 11.3 Å². The van der Waals surface area contributed by atoms with E-state index >= 15 is 0 Å². The summed E-state index contributed by atoms with van der Waals surface area (Å²) in [5.41, 5.74) is 7.10. The lowest BCUT2D eigenvalue weighted by Gasteiger charge is -2.22. The zero-order valence-corrected chi connectivity index (χ0v) is 18.9. The predicted octanol–water partition coefficient (Wildman–Crippen LogP) is 1.29. The van der Waals surface area contributed by atoms with E-state index in [1.54, 1.807) is 24.3 Å². The van der Waals surface area contributed by atoms with Crippen molar-refractivity contribution in [2.75, 3.05) is 14.2 Å². The third-order valence-electron chi connectivity index (χ3n) is 5.43. The number of benzene rings is 2. The Balaban J connectivity index is 2.02. The molecule has 0 bridgehead atoms. The van der Waals surface area contributed by atoms with Crippen molar-refractivity contribution < 1.29 is 19.7 Å². The zero-order valence-electron chi connectivity index (χ0n) is 18.1. The first-order chi connectivity index (χ1) is 16.3. The van der Waals surface area contributed by atoms with Crippen LogP contribution in [0.3, 0.4) is 0 Å². The number of nitrogens with two attached hydrogens (primary N) is 1. The Labute approximate surface area is 197 Å². The van der Waals surface area contributed by atoms with Crippen LogP contribution in [-0.4, -0.2) is 29.0 Å². The van der Waals surface area contributed by atoms with Crippen molar-refractivity contribution in [1.29, 1.82) is 10.5 Å². The van der Waals surface area contributed by atoms with E-state index in [0.29, 0.717) is 15.8 Å². The number of rotatable bonds is 4. The van der Waals surface area contributed by atoms with E-state index in [1.807, 2.05) is 6.07 Å². The molecule has 0 spiro atoms. The van der Waals surface area contributed by atoms with Gasteiger partial charge in [0.2, 0.25) is 0 Å². The first kappa shape index (κ1) is 22.5. The molecule has 9 nitrogen and oxygen atoms in total. The molecule has 0 saturated carbocycles. The summed E-state index contributed by atoms with van der Waals surface area (Å²) in [6.07, 6.45) is 1.59. The van der Waals surface area contributed by atoms with Gasteiger partial charge in [-0.2, -0.15) is 10.5 Å². The minimum absolute atomic E-state index is 0.0366. The van der Waals surface area contributed by atoms with Crippen LogP contribution in [-0.2, 0) is 0 Å². The van der Waals surface area contributed by atoms with Gasteiger partial charge < -0.3 is 25.4 Å². The zero-order chi connectivity index (χ0) is 24.6. The van der Waals surface area contributed by atoms with Crippen LogP contribution in [0, 0.1) is 22.7 Å². The number of ether oxygens (including phenoxy) is 2. The van der Waals surface area contributed by atoms with Crippen molar-refractivity contribution in [3.8, 4) is 35.1 Å². The lowest BCUT2D eigenvalue weighted by Crippen LogP contribution is -2.38. The van der Waals surface area contributed by atoms with Crippen LogP contribution in [0.4, 0.5) is 0 Å². The summed E-state index contributed by atoms with van der Waals surface area (Å²) < 4.78 is 12.0. The minimum Gasteiger partial charge on any atom is -0.504 e.